The largest absolute Gasteiger partial charge is 0.399 e. The van der Waals surface area contributed by atoms with Gasteiger partial charge in [-0.3, -0.25) is 4.79 Å². The highest BCUT2D eigenvalue weighted by Gasteiger charge is 2.24. The lowest BCUT2D eigenvalue weighted by atomic mass is 10.1. The van der Waals surface area contributed by atoms with Gasteiger partial charge in [-0.15, -0.1) is 0 Å². The van der Waals surface area contributed by atoms with Gasteiger partial charge in [0.1, 0.15) is 0 Å². The first-order valence-corrected chi connectivity index (χ1v) is 5.37. The number of anilines is 1. The second kappa shape index (κ2) is 4.53. The number of hydrogen-bond donors (Lipinski definition) is 1. The molecule has 1 unspecified atom stereocenters. The highest BCUT2D eigenvalue weighted by molar-refractivity contribution is 5.76. The van der Waals surface area contributed by atoms with Crippen LogP contribution in [-0.4, -0.2) is 31.1 Å². The number of ether oxygens (including phenoxy) is 1. The monoisotopic (exact) mass is 220 g/mol. The Labute approximate surface area is 95.0 Å². The van der Waals surface area contributed by atoms with Gasteiger partial charge in [-0.2, -0.15) is 0 Å². The topological polar surface area (TPSA) is 55.6 Å². The van der Waals surface area contributed by atoms with Gasteiger partial charge in [-0.25, -0.2) is 0 Å². The van der Waals surface area contributed by atoms with Gasteiger partial charge in [0.05, 0.1) is 25.7 Å². The number of benzene rings is 1. The number of nitrogen functional groups attached to an aromatic ring is 1. The number of rotatable bonds is 1. The maximum atomic E-state index is 11.7. The maximum Gasteiger partial charge on any atom is 0.225 e. The van der Waals surface area contributed by atoms with Crippen LogP contribution in [0.3, 0.4) is 0 Å². The summed E-state index contributed by atoms with van der Waals surface area (Å²) in [6, 6.07) is 7.57. The van der Waals surface area contributed by atoms with E-state index in [1.54, 1.807) is 4.90 Å². The highest BCUT2D eigenvalue weighted by Crippen LogP contribution is 2.24. The lowest BCUT2D eigenvalue weighted by Crippen LogP contribution is -2.31. The van der Waals surface area contributed by atoms with Gasteiger partial charge in [-0.1, -0.05) is 12.1 Å². The Balaban J connectivity index is 2.27. The van der Waals surface area contributed by atoms with E-state index in [4.69, 9.17) is 10.5 Å². The van der Waals surface area contributed by atoms with E-state index in [-0.39, 0.29) is 11.9 Å². The van der Waals surface area contributed by atoms with E-state index in [0.29, 0.717) is 25.3 Å². The predicted molar refractivity (Wildman–Crippen MR) is 61.8 cm³/mol. The first-order valence-electron chi connectivity index (χ1n) is 5.37. The van der Waals surface area contributed by atoms with Crippen LogP contribution in [0.2, 0.25) is 0 Å². The first kappa shape index (κ1) is 11.0. The molecule has 0 radical (unpaired) electrons. The van der Waals surface area contributed by atoms with Crippen molar-refractivity contribution in [3.63, 3.8) is 0 Å². The lowest BCUT2D eigenvalue weighted by molar-refractivity contribution is -0.131. The van der Waals surface area contributed by atoms with Crippen LogP contribution in [0.25, 0.3) is 0 Å². The van der Waals surface area contributed by atoms with Crippen molar-refractivity contribution in [1.82, 2.24) is 4.90 Å². The van der Waals surface area contributed by atoms with Gasteiger partial charge >= 0.3 is 0 Å². The molecule has 86 valence electrons. The fourth-order valence-corrected chi connectivity index (χ4v) is 1.90. The molecule has 4 nitrogen and oxygen atoms in total. The second-order valence-electron chi connectivity index (χ2n) is 4.02. The van der Waals surface area contributed by atoms with Gasteiger partial charge < -0.3 is 15.4 Å². The maximum absolute atomic E-state index is 11.7. The summed E-state index contributed by atoms with van der Waals surface area (Å²) >= 11 is 0. The summed E-state index contributed by atoms with van der Waals surface area (Å²) in [6.45, 7) is 1.04. The molecule has 1 heterocycles. The smallest absolute Gasteiger partial charge is 0.225 e. The summed E-state index contributed by atoms with van der Waals surface area (Å²) in [5, 5.41) is 0. The Morgan fingerprint density at radius 1 is 1.50 bits per heavy atom. The predicted octanol–water partition coefficient (Wildman–Crippen LogP) is 1.19. The molecule has 2 rings (SSSR count). The summed E-state index contributed by atoms with van der Waals surface area (Å²) < 4.78 is 5.44. The van der Waals surface area contributed by atoms with E-state index in [1.165, 1.54) is 0 Å². The van der Waals surface area contributed by atoms with Crippen LogP contribution in [0, 0.1) is 0 Å². The normalized spacial score (nSPS) is 21.9. The first-order chi connectivity index (χ1) is 7.68. The summed E-state index contributed by atoms with van der Waals surface area (Å²) in [6.07, 6.45) is 0.454. The molecule has 0 spiro atoms. The zero-order valence-electron chi connectivity index (χ0n) is 9.35. The van der Waals surface area contributed by atoms with Crippen LogP contribution < -0.4 is 5.73 Å². The SMILES string of the molecule is CN1C(=O)CCOCC1c1cccc(N)c1. The summed E-state index contributed by atoms with van der Waals surface area (Å²) in [4.78, 5) is 13.4. The lowest BCUT2D eigenvalue weighted by Gasteiger charge is -2.25. The van der Waals surface area contributed by atoms with Crippen molar-refractivity contribution < 1.29 is 9.53 Å². The molecule has 4 heteroatoms. The second-order valence-corrected chi connectivity index (χ2v) is 4.02. The van der Waals surface area contributed by atoms with Crippen LogP contribution in [0.15, 0.2) is 24.3 Å². The molecule has 0 saturated carbocycles. The zero-order valence-corrected chi connectivity index (χ0v) is 9.35. The Bertz CT molecular complexity index is 392. The molecule has 2 N–H and O–H groups in total. The Morgan fingerprint density at radius 3 is 3.06 bits per heavy atom. The summed E-state index contributed by atoms with van der Waals surface area (Å²) in [5.41, 5.74) is 7.48. The average Bonchev–Trinajstić information content (AvgIpc) is 2.42. The fraction of sp³-hybridized carbons (Fsp3) is 0.417. The molecule has 0 bridgehead atoms. The number of nitrogens with zero attached hydrogens (tertiary/aromatic N) is 1. The molecule has 1 atom stereocenters. The van der Waals surface area contributed by atoms with Crippen molar-refractivity contribution in [2.24, 2.45) is 0 Å². The van der Waals surface area contributed by atoms with Crippen LogP contribution in [0.5, 0.6) is 0 Å². The van der Waals surface area contributed by atoms with Gasteiger partial charge in [0, 0.05) is 12.7 Å². The van der Waals surface area contributed by atoms with E-state index in [0.717, 1.165) is 5.56 Å². The van der Waals surface area contributed by atoms with Gasteiger partial charge in [0.2, 0.25) is 5.91 Å². The highest BCUT2D eigenvalue weighted by atomic mass is 16.5. The Kier molecular flexibility index (Phi) is 3.10. The third kappa shape index (κ3) is 2.17. The molecular weight excluding hydrogens is 204 g/mol. The molecule has 1 fully saturated rings. The third-order valence-electron chi connectivity index (χ3n) is 2.89. The Hall–Kier alpha value is -1.55. The van der Waals surface area contributed by atoms with Gasteiger partial charge in [0.25, 0.3) is 0 Å². The van der Waals surface area contributed by atoms with Crippen LogP contribution in [0.1, 0.15) is 18.0 Å². The van der Waals surface area contributed by atoms with E-state index in [1.807, 2.05) is 31.3 Å². The van der Waals surface area contributed by atoms with Crippen LogP contribution in [-0.2, 0) is 9.53 Å². The standard InChI is InChI=1S/C12H16N2O2/c1-14-11(8-16-6-5-12(14)15)9-3-2-4-10(13)7-9/h2-4,7,11H,5-6,8,13H2,1H3. The quantitative estimate of drug-likeness (QED) is 0.723. The molecule has 16 heavy (non-hydrogen) atoms. The number of amides is 1. The minimum atomic E-state index is -0.0292. The van der Waals surface area contributed by atoms with Gasteiger partial charge in [0.15, 0.2) is 0 Å². The summed E-state index contributed by atoms with van der Waals surface area (Å²) in [5.74, 6) is 0.116. The van der Waals surface area contributed by atoms with E-state index < -0.39 is 0 Å². The molecule has 1 aliphatic heterocycles. The van der Waals surface area contributed by atoms with Crippen molar-refractivity contribution in [2.45, 2.75) is 12.5 Å². The van der Waals surface area contributed by atoms with E-state index in [9.17, 15) is 4.79 Å². The third-order valence-corrected chi connectivity index (χ3v) is 2.89. The van der Waals surface area contributed by atoms with Crippen molar-refractivity contribution in [3.8, 4) is 0 Å². The zero-order chi connectivity index (χ0) is 11.5. The molecule has 0 aliphatic carbocycles. The van der Waals surface area contributed by atoms with Crippen molar-refractivity contribution in [1.29, 1.82) is 0 Å². The fourth-order valence-electron chi connectivity index (χ4n) is 1.90. The molecular formula is C12H16N2O2. The molecule has 1 aromatic carbocycles. The molecule has 1 aromatic rings. The molecule has 1 aliphatic rings. The minimum absolute atomic E-state index is 0.0292. The van der Waals surface area contributed by atoms with Crippen molar-refractivity contribution in [2.75, 3.05) is 26.0 Å². The number of carbonyl (C=O) groups excluding carboxylic acids is 1. The number of carbonyl (C=O) groups is 1. The van der Waals surface area contributed by atoms with Gasteiger partial charge in [-0.05, 0) is 17.7 Å². The van der Waals surface area contributed by atoms with E-state index >= 15 is 0 Å². The Morgan fingerprint density at radius 2 is 2.31 bits per heavy atom. The van der Waals surface area contributed by atoms with Crippen LogP contribution >= 0.6 is 0 Å². The summed E-state index contributed by atoms with van der Waals surface area (Å²) in [7, 11) is 1.81. The number of likely N-dealkylation sites (N-methyl/N-ethyl adjacent to an activating group) is 1. The number of nitrogens with two attached hydrogens (primary N) is 1. The molecule has 0 aromatic heterocycles. The van der Waals surface area contributed by atoms with E-state index in [2.05, 4.69) is 0 Å². The molecule has 1 amide bonds. The number of hydrogen-bond acceptors (Lipinski definition) is 3. The molecule has 1 saturated heterocycles. The minimum Gasteiger partial charge on any atom is -0.399 e. The van der Waals surface area contributed by atoms with Crippen molar-refractivity contribution in [3.05, 3.63) is 29.8 Å². The van der Waals surface area contributed by atoms with Crippen molar-refractivity contribution >= 4 is 11.6 Å². The average molecular weight is 220 g/mol. The van der Waals surface area contributed by atoms with Crippen LogP contribution in [0.4, 0.5) is 5.69 Å².